The fraction of sp³-hybridized carbons (Fsp3) is 0.150. The molecule has 3 rings (SSSR count). The van der Waals surface area contributed by atoms with E-state index in [-0.39, 0.29) is 17.2 Å². The molecular formula is C20H18N2O5S. The Bertz CT molecular complexity index is 923. The number of nitrogens with zero attached hydrogens (tertiary/aromatic N) is 1. The average Bonchev–Trinajstić information content (AvgIpc) is 2.93. The molecule has 3 amide bonds. The van der Waals surface area contributed by atoms with Crippen LogP contribution in [-0.2, 0) is 9.59 Å². The van der Waals surface area contributed by atoms with E-state index in [9.17, 15) is 19.5 Å². The summed E-state index contributed by atoms with van der Waals surface area (Å²) in [7, 11) is 0. The molecule has 1 aliphatic heterocycles. The molecule has 7 nitrogen and oxygen atoms in total. The Morgan fingerprint density at radius 3 is 2.46 bits per heavy atom. The number of imide groups is 1. The Hall–Kier alpha value is -3.26. The van der Waals surface area contributed by atoms with Gasteiger partial charge >= 0.3 is 0 Å². The molecule has 0 unspecified atom stereocenters. The van der Waals surface area contributed by atoms with Gasteiger partial charge in [-0.25, -0.2) is 0 Å². The quantitative estimate of drug-likeness (QED) is 0.724. The minimum Gasteiger partial charge on any atom is -0.508 e. The summed E-state index contributed by atoms with van der Waals surface area (Å²) in [4.78, 5) is 38.0. The first-order chi connectivity index (χ1) is 13.5. The maximum atomic E-state index is 12.5. The van der Waals surface area contributed by atoms with Gasteiger partial charge in [-0.2, -0.15) is 0 Å². The van der Waals surface area contributed by atoms with Crippen LogP contribution in [-0.4, -0.2) is 40.2 Å². The van der Waals surface area contributed by atoms with Gasteiger partial charge in [0.2, 0.25) is 5.91 Å². The summed E-state index contributed by atoms with van der Waals surface area (Å²) in [5, 5.41) is 11.5. The summed E-state index contributed by atoms with van der Waals surface area (Å²) in [6.45, 7) is 2.05. The van der Waals surface area contributed by atoms with E-state index < -0.39 is 17.1 Å². The molecule has 1 fully saturated rings. The number of nitrogens with one attached hydrogen (secondary N) is 1. The van der Waals surface area contributed by atoms with E-state index >= 15 is 0 Å². The van der Waals surface area contributed by atoms with Gasteiger partial charge in [-0.15, -0.1) is 0 Å². The molecule has 0 aliphatic carbocycles. The highest BCUT2D eigenvalue weighted by Crippen LogP contribution is 2.32. The number of ether oxygens (including phenoxy) is 1. The third kappa shape index (κ3) is 4.72. The van der Waals surface area contributed by atoms with Crippen LogP contribution in [0.1, 0.15) is 12.5 Å². The number of aromatic hydroxyl groups is 1. The number of rotatable bonds is 6. The van der Waals surface area contributed by atoms with Gasteiger partial charge in [0.15, 0.2) is 0 Å². The van der Waals surface area contributed by atoms with Crippen molar-refractivity contribution in [3.05, 3.63) is 59.0 Å². The number of hydrogen-bond acceptors (Lipinski definition) is 6. The van der Waals surface area contributed by atoms with Crippen molar-refractivity contribution in [1.29, 1.82) is 0 Å². The first-order valence-corrected chi connectivity index (χ1v) is 9.35. The van der Waals surface area contributed by atoms with Crippen molar-refractivity contribution in [2.45, 2.75) is 6.92 Å². The van der Waals surface area contributed by atoms with E-state index in [1.165, 1.54) is 12.1 Å². The number of hydrogen-bond donors (Lipinski definition) is 2. The second-order valence-corrected chi connectivity index (χ2v) is 6.86. The Balaban J connectivity index is 1.63. The number of phenolic OH excluding ortho intramolecular Hbond substituents is 1. The lowest BCUT2D eigenvalue weighted by atomic mass is 10.2. The molecule has 2 aromatic carbocycles. The van der Waals surface area contributed by atoms with E-state index in [0.29, 0.717) is 23.6 Å². The van der Waals surface area contributed by atoms with E-state index in [0.717, 1.165) is 16.7 Å². The molecular weight excluding hydrogens is 380 g/mol. The summed E-state index contributed by atoms with van der Waals surface area (Å²) in [6, 6.07) is 13.0. The fourth-order valence-electron chi connectivity index (χ4n) is 2.50. The monoisotopic (exact) mass is 398 g/mol. The number of phenols is 1. The zero-order valence-electron chi connectivity index (χ0n) is 15.0. The van der Waals surface area contributed by atoms with Crippen LogP contribution in [0.3, 0.4) is 0 Å². The van der Waals surface area contributed by atoms with Crippen molar-refractivity contribution < 1.29 is 24.2 Å². The Labute approximate surface area is 166 Å². The van der Waals surface area contributed by atoms with E-state index in [2.05, 4.69) is 5.32 Å². The third-order valence-electron chi connectivity index (χ3n) is 3.82. The summed E-state index contributed by atoms with van der Waals surface area (Å²) in [5.41, 5.74) is 1.21. The zero-order chi connectivity index (χ0) is 20.1. The number of anilines is 1. The van der Waals surface area contributed by atoms with Crippen LogP contribution in [0.4, 0.5) is 10.5 Å². The molecule has 0 aromatic heterocycles. The largest absolute Gasteiger partial charge is 0.508 e. The maximum absolute atomic E-state index is 12.5. The van der Waals surface area contributed by atoms with Crippen molar-refractivity contribution in [3.63, 3.8) is 0 Å². The Kier molecular flexibility index (Phi) is 6.00. The molecule has 1 aliphatic rings. The predicted octanol–water partition coefficient (Wildman–Crippen LogP) is 3.47. The van der Waals surface area contributed by atoms with Gasteiger partial charge in [0.1, 0.15) is 18.0 Å². The van der Waals surface area contributed by atoms with Gasteiger partial charge in [-0.05, 0) is 66.7 Å². The molecule has 2 aromatic rings. The molecule has 0 radical (unpaired) electrons. The smallest absolute Gasteiger partial charge is 0.294 e. The van der Waals surface area contributed by atoms with Crippen LogP contribution in [0, 0.1) is 0 Å². The van der Waals surface area contributed by atoms with Crippen molar-refractivity contribution in [2.75, 3.05) is 18.5 Å². The van der Waals surface area contributed by atoms with Crippen LogP contribution in [0.15, 0.2) is 53.4 Å². The Morgan fingerprint density at radius 2 is 1.82 bits per heavy atom. The maximum Gasteiger partial charge on any atom is 0.294 e. The Morgan fingerprint density at radius 1 is 1.14 bits per heavy atom. The van der Waals surface area contributed by atoms with Gasteiger partial charge in [0, 0.05) is 5.69 Å². The van der Waals surface area contributed by atoms with Gasteiger partial charge in [-0.3, -0.25) is 19.3 Å². The van der Waals surface area contributed by atoms with Gasteiger partial charge in [-0.1, -0.05) is 12.1 Å². The summed E-state index contributed by atoms with van der Waals surface area (Å²) in [6.07, 6.45) is 1.55. The summed E-state index contributed by atoms with van der Waals surface area (Å²) >= 11 is 0.776. The number of carbonyl (C=O) groups is 3. The number of benzene rings is 2. The van der Waals surface area contributed by atoms with Gasteiger partial charge in [0.05, 0.1) is 11.5 Å². The van der Waals surface area contributed by atoms with Crippen LogP contribution >= 0.6 is 11.8 Å². The molecule has 2 N–H and O–H groups in total. The van der Waals surface area contributed by atoms with Crippen LogP contribution in [0.25, 0.3) is 6.08 Å². The van der Waals surface area contributed by atoms with Crippen LogP contribution in [0.5, 0.6) is 11.5 Å². The highest BCUT2D eigenvalue weighted by Gasteiger charge is 2.36. The van der Waals surface area contributed by atoms with Gasteiger partial charge < -0.3 is 15.2 Å². The van der Waals surface area contributed by atoms with Crippen LogP contribution in [0.2, 0.25) is 0 Å². The van der Waals surface area contributed by atoms with Crippen molar-refractivity contribution in [2.24, 2.45) is 0 Å². The van der Waals surface area contributed by atoms with Crippen molar-refractivity contribution in [3.8, 4) is 11.5 Å². The lowest BCUT2D eigenvalue weighted by Gasteiger charge is -2.12. The predicted molar refractivity (Wildman–Crippen MR) is 107 cm³/mol. The minimum atomic E-state index is -0.523. The van der Waals surface area contributed by atoms with E-state index in [1.54, 1.807) is 42.5 Å². The minimum absolute atomic E-state index is 0.108. The first-order valence-electron chi connectivity index (χ1n) is 8.53. The van der Waals surface area contributed by atoms with Crippen molar-refractivity contribution in [1.82, 2.24) is 4.90 Å². The summed E-state index contributed by atoms with van der Waals surface area (Å²) < 4.78 is 5.34. The molecule has 0 bridgehead atoms. The standard InChI is InChI=1S/C20H18N2O5S/c1-2-27-16-9-5-14(6-10-16)21-18(24)12-22-19(25)17(28-20(22)26)11-13-3-7-15(23)8-4-13/h3-11,23H,2,12H2,1H3,(H,21,24)/b17-11-. The number of carbonyl (C=O) groups excluding carboxylic acids is 3. The number of thioether (sulfide) groups is 1. The highest BCUT2D eigenvalue weighted by atomic mass is 32.2. The molecule has 0 saturated carbocycles. The zero-order valence-corrected chi connectivity index (χ0v) is 15.9. The summed E-state index contributed by atoms with van der Waals surface area (Å²) in [5.74, 6) is -0.204. The molecule has 144 valence electrons. The molecule has 1 heterocycles. The third-order valence-corrected chi connectivity index (χ3v) is 4.72. The molecule has 0 atom stereocenters. The first kappa shape index (κ1) is 19.5. The average molecular weight is 398 g/mol. The highest BCUT2D eigenvalue weighted by molar-refractivity contribution is 8.18. The van der Waals surface area contributed by atoms with Crippen molar-refractivity contribution >= 4 is 40.6 Å². The second kappa shape index (κ2) is 8.62. The number of amides is 3. The topological polar surface area (TPSA) is 95.9 Å². The lowest BCUT2D eigenvalue weighted by Crippen LogP contribution is -2.36. The molecule has 1 saturated heterocycles. The lowest BCUT2D eigenvalue weighted by molar-refractivity contribution is -0.127. The normalized spacial score (nSPS) is 15.2. The van der Waals surface area contributed by atoms with Crippen LogP contribution < -0.4 is 10.1 Å². The molecule has 8 heteroatoms. The van der Waals surface area contributed by atoms with E-state index in [1.807, 2.05) is 6.92 Å². The molecule has 0 spiro atoms. The molecule has 28 heavy (non-hydrogen) atoms. The fourth-order valence-corrected chi connectivity index (χ4v) is 3.34. The second-order valence-electron chi connectivity index (χ2n) is 5.86. The van der Waals surface area contributed by atoms with E-state index in [4.69, 9.17) is 4.74 Å². The van der Waals surface area contributed by atoms with Gasteiger partial charge in [0.25, 0.3) is 11.1 Å². The SMILES string of the molecule is CCOc1ccc(NC(=O)CN2C(=O)S/C(=C\c3ccc(O)cc3)C2=O)cc1.